The van der Waals surface area contributed by atoms with Crippen LogP contribution in [-0.4, -0.2) is 25.0 Å². The average molecular weight is 344 g/mol. The molecule has 0 radical (unpaired) electrons. The molecule has 0 saturated carbocycles. The summed E-state index contributed by atoms with van der Waals surface area (Å²) in [7, 11) is 3.27. The van der Waals surface area contributed by atoms with Gasteiger partial charge in [-0.1, -0.05) is 29.8 Å². The fourth-order valence-corrected chi connectivity index (χ4v) is 2.78. The second-order valence-electron chi connectivity index (χ2n) is 5.62. The smallest absolute Gasteiger partial charge is 0.258 e. The van der Waals surface area contributed by atoms with Crippen LogP contribution < -0.4 is 4.74 Å². The number of carbonyl (C=O) groups excluding carboxylic acids is 1. The Morgan fingerprint density at radius 1 is 1.21 bits per heavy atom. The van der Waals surface area contributed by atoms with E-state index in [1.54, 1.807) is 30.1 Å². The molecule has 1 amide bonds. The quantitative estimate of drug-likeness (QED) is 0.674. The Labute approximate surface area is 145 Å². The molecule has 1 heterocycles. The highest BCUT2D eigenvalue weighted by Crippen LogP contribution is 2.30. The number of halogens is 1. The summed E-state index contributed by atoms with van der Waals surface area (Å²) in [6.07, 6.45) is 0. The van der Waals surface area contributed by atoms with E-state index >= 15 is 0 Å². The second kappa shape index (κ2) is 6.57. The summed E-state index contributed by atoms with van der Waals surface area (Å²) in [4.78, 5) is 14.5. The first-order valence-corrected chi connectivity index (χ1v) is 7.98. The van der Waals surface area contributed by atoms with Crippen LogP contribution in [0.25, 0.3) is 11.0 Å². The number of nitrogens with zero attached hydrogens (tertiary/aromatic N) is 1. The van der Waals surface area contributed by atoms with Gasteiger partial charge in [-0.2, -0.15) is 0 Å². The number of rotatable bonds is 4. The number of ether oxygens (including phenoxy) is 1. The van der Waals surface area contributed by atoms with Crippen molar-refractivity contribution in [2.24, 2.45) is 0 Å². The van der Waals surface area contributed by atoms with Crippen molar-refractivity contribution in [3.8, 4) is 5.75 Å². The van der Waals surface area contributed by atoms with Gasteiger partial charge in [-0.05, 0) is 37.3 Å². The van der Waals surface area contributed by atoms with E-state index in [1.165, 1.54) is 7.11 Å². The lowest BCUT2D eigenvalue weighted by molar-refractivity contribution is 0.0724. The molecule has 0 N–H and O–H groups in total. The zero-order valence-corrected chi connectivity index (χ0v) is 14.5. The van der Waals surface area contributed by atoms with Crippen LogP contribution in [0.1, 0.15) is 29.1 Å². The molecule has 2 aromatic carbocycles. The summed E-state index contributed by atoms with van der Waals surface area (Å²) < 4.78 is 11.1. The fourth-order valence-electron chi connectivity index (χ4n) is 2.61. The molecule has 1 unspecified atom stereocenters. The van der Waals surface area contributed by atoms with Crippen molar-refractivity contribution >= 4 is 28.5 Å². The van der Waals surface area contributed by atoms with Crippen molar-refractivity contribution in [3.05, 3.63) is 64.9 Å². The fraction of sp³-hybridized carbons (Fsp3) is 0.211. The van der Waals surface area contributed by atoms with Crippen molar-refractivity contribution in [2.75, 3.05) is 14.2 Å². The van der Waals surface area contributed by atoms with Crippen LogP contribution in [0.4, 0.5) is 0 Å². The molecule has 0 fully saturated rings. The standard InChI is InChI=1S/C19H18ClNO3/c1-12(18-10-13-6-4-5-7-16(13)24-18)21(2)19(22)15-11-14(20)8-9-17(15)23-3/h4-12H,1-3H3. The molecule has 0 aliphatic rings. The minimum absolute atomic E-state index is 0.178. The van der Waals surface area contributed by atoms with Crippen LogP contribution in [0.5, 0.6) is 5.75 Å². The van der Waals surface area contributed by atoms with Crippen LogP contribution in [0.2, 0.25) is 5.02 Å². The minimum Gasteiger partial charge on any atom is -0.496 e. The second-order valence-corrected chi connectivity index (χ2v) is 6.06. The molecule has 1 atom stereocenters. The van der Waals surface area contributed by atoms with E-state index < -0.39 is 0 Å². The van der Waals surface area contributed by atoms with Crippen LogP contribution in [-0.2, 0) is 0 Å². The van der Waals surface area contributed by atoms with Gasteiger partial charge in [-0.25, -0.2) is 0 Å². The van der Waals surface area contributed by atoms with E-state index in [0.717, 1.165) is 16.7 Å². The third-order valence-electron chi connectivity index (χ3n) is 4.15. The molecule has 0 spiro atoms. The Kier molecular flexibility index (Phi) is 4.49. The number of hydrogen-bond donors (Lipinski definition) is 0. The molecule has 3 rings (SSSR count). The highest BCUT2D eigenvalue weighted by molar-refractivity contribution is 6.31. The monoisotopic (exact) mass is 343 g/mol. The lowest BCUT2D eigenvalue weighted by Gasteiger charge is -2.24. The van der Waals surface area contributed by atoms with Crippen LogP contribution >= 0.6 is 11.6 Å². The predicted octanol–water partition coefficient (Wildman–Crippen LogP) is 4.93. The van der Waals surface area contributed by atoms with Crippen molar-refractivity contribution in [3.63, 3.8) is 0 Å². The van der Waals surface area contributed by atoms with Crippen molar-refractivity contribution in [2.45, 2.75) is 13.0 Å². The molecule has 0 aliphatic heterocycles. The number of hydrogen-bond acceptors (Lipinski definition) is 3. The molecule has 5 heteroatoms. The molecule has 24 heavy (non-hydrogen) atoms. The molecule has 4 nitrogen and oxygen atoms in total. The van der Waals surface area contributed by atoms with Crippen molar-refractivity contribution < 1.29 is 13.9 Å². The molecule has 1 aromatic heterocycles. The Morgan fingerprint density at radius 2 is 1.96 bits per heavy atom. The zero-order valence-electron chi connectivity index (χ0n) is 13.7. The van der Waals surface area contributed by atoms with E-state index in [-0.39, 0.29) is 11.9 Å². The van der Waals surface area contributed by atoms with E-state index in [9.17, 15) is 4.79 Å². The van der Waals surface area contributed by atoms with Gasteiger partial charge >= 0.3 is 0 Å². The van der Waals surface area contributed by atoms with Gasteiger partial charge in [0, 0.05) is 17.5 Å². The van der Waals surface area contributed by atoms with Gasteiger partial charge in [0.1, 0.15) is 17.1 Å². The maximum atomic E-state index is 12.9. The molecule has 0 bridgehead atoms. The SMILES string of the molecule is COc1ccc(Cl)cc1C(=O)N(C)C(C)c1cc2ccccc2o1. The number of amides is 1. The maximum Gasteiger partial charge on any atom is 0.258 e. The summed E-state index contributed by atoms with van der Waals surface area (Å²) in [5, 5.41) is 1.50. The first kappa shape index (κ1) is 16.4. The first-order chi connectivity index (χ1) is 11.5. The van der Waals surface area contributed by atoms with E-state index in [1.807, 2.05) is 37.3 Å². The summed E-state index contributed by atoms with van der Waals surface area (Å²) in [6.45, 7) is 1.92. The maximum absolute atomic E-state index is 12.9. The summed E-state index contributed by atoms with van der Waals surface area (Å²) in [5.41, 5.74) is 1.23. The van der Waals surface area contributed by atoms with Crippen LogP contribution in [0.15, 0.2) is 52.9 Å². The van der Waals surface area contributed by atoms with Crippen molar-refractivity contribution in [1.82, 2.24) is 4.90 Å². The minimum atomic E-state index is -0.228. The molecule has 0 aliphatic carbocycles. The number of methoxy groups -OCH3 is 1. The summed E-state index contributed by atoms with van der Waals surface area (Å²) in [6, 6.07) is 14.5. The van der Waals surface area contributed by atoms with Gasteiger partial charge in [0.2, 0.25) is 0 Å². The lowest BCUT2D eigenvalue weighted by Crippen LogP contribution is -2.29. The number of benzene rings is 2. The van der Waals surface area contributed by atoms with Gasteiger partial charge in [-0.3, -0.25) is 4.79 Å². The summed E-state index contributed by atoms with van der Waals surface area (Å²) >= 11 is 6.03. The summed E-state index contributed by atoms with van der Waals surface area (Å²) in [5.74, 6) is 1.04. The number of para-hydroxylation sites is 1. The highest BCUT2D eigenvalue weighted by atomic mass is 35.5. The topological polar surface area (TPSA) is 42.7 Å². The van der Waals surface area contributed by atoms with Gasteiger partial charge in [0.15, 0.2) is 0 Å². The molecule has 0 saturated heterocycles. The third kappa shape index (κ3) is 2.97. The molecular weight excluding hydrogens is 326 g/mol. The Bertz CT molecular complexity index is 854. The third-order valence-corrected chi connectivity index (χ3v) is 4.38. The highest BCUT2D eigenvalue weighted by Gasteiger charge is 2.24. The Balaban J connectivity index is 1.91. The van der Waals surface area contributed by atoms with Gasteiger partial charge in [-0.15, -0.1) is 0 Å². The molecular formula is C19H18ClNO3. The van der Waals surface area contributed by atoms with Gasteiger partial charge in [0.05, 0.1) is 18.7 Å². The van der Waals surface area contributed by atoms with Gasteiger partial charge in [0.25, 0.3) is 5.91 Å². The Morgan fingerprint density at radius 3 is 2.67 bits per heavy atom. The average Bonchev–Trinajstić information content (AvgIpc) is 3.03. The van der Waals surface area contributed by atoms with Gasteiger partial charge < -0.3 is 14.1 Å². The van der Waals surface area contributed by atoms with Crippen LogP contribution in [0.3, 0.4) is 0 Å². The van der Waals surface area contributed by atoms with E-state index in [4.69, 9.17) is 20.8 Å². The number of fused-ring (bicyclic) bond motifs is 1. The zero-order chi connectivity index (χ0) is 17.3. The van der Waals surface area contributed by atoms with Crippen molar-refractivity contribution in [1.29, 1.82) is 0 Å². The lowest BCUT2D eigenvalue weighted by atomic mass is 10.1. The first-order valence-electron chi connectivity index (χ1n) is 7.60. The largest absolute Gasteiger partial charge is 0.496 e. The molecule has 124 valence electrons. The Hall–Kier alpha value is -2.46. The van der Waals surface area contributed by atoms with Crippen LogP contribution in [0, 0.1) is 0 Å². The number of furan rings is 1. The number of carbonyl (C=O) groups is 1. The van der Waals surface area contributed by atoms with E-state index in [0.29, 0.717) is 16.3 Å². The molecule has 3 aromatic rings. The normalized spacial score (nSPS) is 12.2. The predicted molar refractivity (Wildman–Crippen MR) is 94.7 cm³/mol. The van der Waals surface area contributed by atoms with E-state index in [2.05, 4.69) is 0 Å².